The number of pyridine rings is 1. The number of carboxylic acid groups (broad SMARTS) is 1. The zero-order valence-electron chi connectivity index (χ0n) is 8.93. The van der Waals surface area contributed by atoms with Crippen molar-refractivity contribution in [1.29, 1.82) is 0 Å². The van der Waals surface area contributed by atoms with Gasteiger partial charge in [-0.2, -0.15) is 0 Å². The highest BCUT2D eigenvalue weighted by atomic mass is 79.9. The van der Waals surface area contributed by atoms with Crippen molar-refractivity contribution in [3.8, 4) is 11.6 Å². The van der Waals surface area contributed by atoms with E-state index in [1.54, 1.807) is 18.3 Å². The van der Waals surface area contributed by atoms with Crippen LogP contribution in [-0.4, -0.2) is 16.1 Å². The number of benzene rings is 1. The van der Waals surface area contributed by atoms with E-state index in [4.69, 9.17) is 9.84 Å². The quantitative estimate of drug-likeness (QED) is 0.881. The second-order valence-electron chi connectivity index (χ2n) is 3.37. The van der Waals surface area contributed by atoms with Crippen molar-refractivity contribution >= 4 is 37.8 Å². The molecule has 1 N–H and O–H groups in total. The van der Waals surface area contributed by atoms with E-state index >= 15 is 0 Å². The summed E-state index contributed by atoms with van der Waals surface area (Å²) >= 11 is 6.62. The van der Waals surface area contributed by atoms with Gasteiger partial charge in [-0.1, -0.05) is 0 Å². The van der Waals surface area contributed by atoms with Crippen molar-refractivity contribution in [3.05, 3.63) is 51.0 Å². The maximum Gasteiger partial charge on any atom is 0.335 e. The average molecular weight is 373 g/mol. The van der Waals surface area contributed by atoms with Crippen molar-refractivity contribution in [2.45, 2.75) is 0 Å². The van der Waals surface area contributed by atoms with E-state index < -0.39 is 5.97 Å². The van der Waals surface area contributed by atoms with Crippen molar-refractivity contribution < 1.29 is 14.6 Å². The average Bonchev–Trinajstić information content (AvgIpc) is 2.33. The van der Waals surface area contributed by atoms with E-state index in [-0.39, 0.29) is 5.56 Å². The van der Waals surface area contributed by atoms with Gasteiger partial charge in [-0.3, -0.25) is 0 Å². The molecule has 0 unspecified atom stereocenters. The van der Waals surface area contributed by atoms with Crippen molar-refractivity contribution in [1.82, 2.24) is 4.98 Å². The number of carbonyl (C=O) groups is 1. The molecule has 4 nitrogen and oxygen atoms in total. The van der Waals surface area contributed by atoms with Gasteiger partial charge in [0.1, 0.15) is 5.75 Å². The number of nitrogens with zero attached hydrogens (tertiary/aromatic N) is 1. The highest BCUT2D eigenvalue weighted by molar-refractivity contribution is 9.11. The van der Waals surface area contributed by atoms with Gasteiger partial charge in [0.15, 0.2) is 0 Å². The fourth-order valence-corrected chi connectivity index (χ4v) is 2.32. The van der Waals surface area contributed by atoms with E-state index in [1.165, 1.54) is 12.1 Å². The van der Waals surface area contributed by atoms with Crippen LogP contribution < -0.4 is 4.74 Å². The number of aromatic carboxylic acids is 1. The number of rotatable bonds is 3. The summed E-state index contributed by atoms with van der Waals surface area (Å²) in [5.41, 5.74) is 0.213. The zero-order chi connectivity index (χ0) is 13.1. The molecule has 0 saturated heterocycles. The van der Waals surface area contributed by atoms with Crippen LogP contribution in [0.4, 0.5) is 0 Å². The molecule has 0 spiro atoms. The van der Waals surface area contributed by atoms with Crippen molar-refractivity contribution in [2.75, 3.05) is 0 Å². The Hall–Kier alpha value is -1.40. The zero-order valence-corrected chi connectivity index (χ0v) is 12.1. The Morgan fingerprint density at radius 3 is 2.44 bits per heavy atom. The molecule has 0 aliphatic rings. The van der Waals surface area contributed by atoms with Crippen molar-refractivity contribution in [3.63, 3.8) is 0 Å². The molecule has 0 atom stereocenters. The molecule has 0 amide bonds. The minimum atomic E-state index is -0.968. The van der Waals surface area contributed by atoms with Crippen LogP contribution in [0.2, 0.25) is 0 Å². The summed E-state index contributed by atoms with van der Waals surface area (Å²) in [6.07, 6.45) is 1.62. The lowest BCUT2D eigenvalue weighted by molar-refractivity contribution is 0.0697. The van der Waals surface area contributed by atoms with Gasteiger partial charge in [0.25, 0.3) is 0 Å². The number of carboxylic acids is 1. The van der Waals surface area contributed by atoms with Gasteiger partial charge in [-0.25, -0.2) is 9.78 Å². The molecule has 0 aliphatic heterocycles. The second kappa shape index (κ2) is 5.49. The van der Waals surface area contributed by atoms with Crippen LogP contribution >= 0.6 is 31.9 Å². The highest BCUT2D eigenvalue weighted by Gasteiger charge is 2.06. The number of ether oxygens (including phenoxy) is 1. The Kier molecular flexibility index (Phi) is 3.98. The summed E-state index contributed by atoms with van der Waals surface area (Å²) in [7, 11) is 0. The van der Waals surface area contributed by atoms with Crippen LogP contribution in [0.5, 0.6) is 11.6 Å². The molecule has 92 valence electrons. The van der Waals surface area contributed by atoms with E-state index in [0.29, 0.717) is 16.1 Å². The standard InChI is InChI=1S/C12H7Br2NO3/c13-8-5-10(14)11(15-6-8)18-9-3-1-7(2-4-9)12(16)17/h1-6H,(H,16,17). The molecule has 0 radical (unpaired) electrons. The van der Waals surface area contributed by atoms with Crippen molar-refractivity contribution in [2.24, 2.45) is 0 Å². The van der Waals surface area contributed by atoms with Crippen LogP contribution in [-0.2, 0) is 0 Å². The molecule has 0 bridgehead atoms. The molecule has 1 heterocycles. The van der Waals surface area contributed by atoms with Crippen LogP contribution in [0.3, 0.4) is 0 Å². The Bertz CT molecular complexity index is 584. The molecule has 2 aromatic rings. The predicted molar refractivity (Wildman–Crippen MR) is 73.1 cm³/mol. The van der Waals surface area contributed by atoms with E-state index in [0.717, 1.165) is 4.47 Å². The summed E-state index contributed by atoms with van der Waals surface area (Å²) in [6.45, 7) is 0. The van der Waals surface area contributed by atoms with Crippen LogP contribution in [0, 0.1) is 0 Å². The summed E-state index contributed by atoms with van der Waals surface area (Å²) in [6, 6.07) is 7.93. The largest absolute Gasteiger partial charge is 0.478 e. The van der Waals surface area contributed by atoms with E-state index in [2.05, 4.69) is 36.8 Å². The summed E-state index contributed by atoms with van der Waals surface area (Å²) in [5, 5.41) is 8.77. The fraction of sp³-hybridized carbons (Fsp3) is 0. The lowest BCUT2D eigenvalue weighted by Crippen LogP contribution is -1.95. The number of aromatic nitrogens is 1. The third kappa shape index (κ3) is 3.08. The second-order valence-corrected chi connectivity index (χ2v) is 5.14. The molecule has 0 aliphatic carbocycles. The Balaban J connectivity index is 2.21. The van der Waals surface area contributed by atoms with Gasteiger partial charge >= 0.3 is 5.97 Å². The topological polar surface area (TPSA) is 59.4 Å². The third-order valence-electron chi connectivity index (χ3n) is 2.09. The number of hydrogen-bond donors (Lipinski definition) is 1. The van der Waals surface area contributed by atoms with Gasteiger partial charge < -0.3 is 9.84 Å². The van der Waals surface area contributed by atoms with Gasteiger partial charge in [0.05, 0.1) is 10.0 Å². The van der Waals surface area contributed by atoms with E-state index in [1.807, 2.05) is 6.07 Å². The molecule has 0 saturated carbocycles. The maximum atomic E-state index is 10.7. The van der Waals surface area contributed by atoms with Gasteiger partial charge in [0, 0.05) is 10.7 Å². The SMILES string of the molecule is O=C(O)c1ccc(Oc2ncc(Br)cc2Br)cc1. The molecule has 6 heteroatoms. The molecule has 2 rings (SSSR count). The van der Waals surface area contributed by atoms with E-state index in [9.17, 15) is 4.79 Å². The molecule has 1 aromatic carbocycles. The first kappa shape index (κ1) is 13.0. The van der Waals surface area contributed by atoms with Crippen LogP contribution in [0.25, 0.3) is 0 Å². The van der Waals surface area contributed by atoms with Gasteiger partial charge in [-0.05, 0) is 62.2 Å². The Morgan fingerprint density at radius 1 is 1.22 bits per heavy atom. The normalized spacial score (nSPS) is 10.1. The fourth-order valence-electron chi connectivity index (χ4n) is 1.25. The van der Waals surface area contributed by atoms with Crippen LogP contribution in [0.15, 0.2) is 45.5 Å². The van der Waals surface area contributed by atoms with Gasteiger partial charge in [0.2, 0.25) is 5.88 Å². The summed E-state index contributed by atoms with van der Waals surface area (Å²) in [5.74, 6) is -0.0266. The number of hydrogen-bond acceptors (Lipinski definition) is 3. The molecule has 1 aromatic heterocycles. The monoisotopic (exact) mass is 371 g/mol. The number of halogens is 2. The minimum absolute atomic E-state index is 0.213. The van der Waals surface area contributed by atoms with Gasteiger partial charge in [-0.15, -0.1) is 0 Å². The first-order valence-electron chi connectivity index (χ1n) is 4.88. The summed E-state index contributed by atoms with van der Waals surface area (Å²) in [4.78, 5) is 14.8. The minimum Gasteiger partial charge on any atom is -0.478 e. The summed E-state index contributed by atoms with van der Waals surface area (Å²) < 4.78 is 7.07. The Morgan fingerprint density at radius 2 is 1.89 bits per heavy atom. The molecular formula is C12H7Br2NO3. The predicted octanol–water partition coefficient (Wildman–Crippen LogP) is 4.10. The smallest absolute Gasteiger partial charge is 0.335 e. The molecular weight excluding hydrogens is 366 g/mol. The highest BCUT2D eigenvalue weighted by Crippen LogP contribution is 2.29. The lowest BCUT2D eigenvalue weighted by atomic mass is 10.2. The lowest BCUT2D eigenvalue weighted by Gasteiger charge is -2.06. The molecule has 18 heavy (non-hydrogen) atoms. The molecule has 0 fully saturated rings. The first-order chi connectivity index (χ1) is 8.56. The first-order valence-corrected chi connectivity index (χ1v) is 6.47. The maximum absolute atomic E-state index is 10.7. The third-order valence-corrected chi connectivity index (χ3v) is 3.09. The van der Waals surface area contributed by atoms with Crippen LogP contribution in [0.1, 0.15) is 10.4 Å². The Labute approximate surface area is 120 Å².